The summed E-state index contributed by atoms with van der Waals surface area (Å²) < 4.78 is 0. The average Bonchev–Trinajstić information content (AvgIpc) is 3.10. The van der Waals surface area contributed by atoms with E-state index < -0.39 is 0 Å². The first-order chi connectivity index (χ1) is 8.13. The minimum absolute atomic E-state index is 0.347. The smallest absolute Gasteiger partial charge is 0.153 e. The summed E-state index contributed by atoms with van der Waals surface area (Å²) in [5.74, 6) is 1.52. The Morgan fingerprint density at radius 3 is 2.82 bits per heavy atom. The maximum atomic E-state index is 8.98. The Balaban J connectivity index is 2.31. The Hall–Kier alpha value is -1.76. The molecule has 17 heavy (non-hydrogen) atoms. The molecular weight excluding hydrogens is 212 g/mol. The van der Waals surface area contributed by atoms with Gasteiger partial charge in [0.25, 0.3) is 0 Å². The van der Waals surface area contributed by atoms with E-state index in [4.69, 9.17) is 11.0 Å². The molecule has 1 aliphatic rings. The number of rotatable bonds is 4. The van der Waals surface area contributed by atoms with E-state index in [1.807, 2.05) is 0 Å². The number of nitrogens with zero attached hydrogens (tertiary/aromatic N) is 3. The quantitative estimate of drug-likeness (QED) is 0.860. The number of aromatic nitrogens is 1. The highest BCUT2D eigenvalue weighted by atomic mass is 15.2. The van der Waals surface area contributed by atoms with Gasteiger partial charge in [-0.25, -0.2) is 4.98 Å². The Bertz CT molecular complexity index is 443. The molecule has 0 bridgehead atoms. The summed E-state index contributed by atoms with van der Waals surface area (Å²) >= 11 is 0. The van der Waals surface area contributed by atoms with Gasteiger partial charge in [-0.15, -0.1) is 0 Å². The normalized spacial score (nSPS) is 14.7. The monoisotopic (exact) mass is 230 g/mol. The Morgan fingerprint density at radius 2 is 2.29 bits per heavy atom. The summed E-state index contributed by atoms with van der Waals surface area (Å²) in [7, 11) is 0. The maximum absolute atomic E-state index is 8.98. The lowest BCUT2D eigenvalue weighted by atomic mass is 10.2. The summed E-state index contributed by atoms with van der Waals surface area (Å²) in [4.78, 5) is 6.54. The third kappa shape index (κ3) is 2.50. The lowest BCUT2D eigenvalue weighted by molar-refractivity contribution is 0.637. The highest BCUT2D eigenvalue weighted by Crippen LogP contribution is 2.33. The molecule has 0 unspecified atom stereocenters. The highest BCUT2D eigenvalue weighted by Gasteiger charge is 2.27. The van der Waals surface area contributed by atoms with Crippen LogP contribution in [0.1, 0.15) is 32.3 Å². The van der Waals surface area contributed by atoms with Crippen LogP contribution in [0, 0.1) is 17.2 Å². The van der Waals surface area contributed by atoms with Crippen molar-refractivity contribution in [3.63, 3.8) is 0 Å². The van der Waals surface area contributed by atoms with Gasteiger partial charge in [0.15, 0.2) is 5.82 Å². The van der Waals surface area contributed by atoms with Crippen LogP contribution in [-0.2, 0) is 0 Å². The van der Waals surface area contributed by atoms with Crippen LogP contribution in [0.25, 0.3) is 0 Å². The molecular formula is C13H18N4. The largest absolute Gasteiger partial charge is 0.395 e. The van der Waals surface area contributed by atoms with E-state index in [0.29, 0.717) is 17.3 Å². The van der Waals surface area contributed by atoms with Crippen molar-refractivity contribution in [1.82, 2.24) is 4.98 Å². The van der Waals surface area contributed by atoms with Crippen molar-refractivity contribution in [1.29, 1.82) is 5.26 Å². The van der Waals surface area contributed by atoms with Crippen LogP contribution in [0.2, 0.25) is 0 Å². The second kappa shape index (κ2) is 4.62. The van der Waals surface area contributed by atoms with Gasteiger partial charge in [-0.2, -0.15) is 5.26 Å². The molecule has 0 aromatic carbocycles. The van der Waals surface area contributed by atoms with Gasteiger partial charge in [-0.05, 0) is 38.7 Å². The number of pyridine rings is 1. The molecule has 90 valence electrons. The predicted molar refractivity (Wildman–Crippen MR) is 68.6 cm³/mol. The van der Waals surface area contributed by atoms with Crippen molar-refractivity contribution in [3.8, 4) is 6.07 Å². The standard InChI is InChI=1S/C13H18N4/c1-9(2)17(8-10-3-4-10)13-12(15)11(7-14)5-6-16-13/h5-6,9-10H,3-4,8,15H2,1-2H3. The van der Waals surface area contributed by atoms with Crippen molar-refractivity contribution in [2.75, 3.05) is 17.2 Å². The number of nitriles is 1. The van der Waals surface area contributed by atoms with Gasteiger partial charge < -0.3 is 10.6 Å². The average molecular weight is 230 g/mol. The molecule has 1 aliphatic carbocycles. The summed E-state index contributed by atoms with van der Waals surface area (Å²) in [6, 6.07) is 4.11. The van der Waals surface area contributed by atoms with Crippen molar-refractivity contribution >= 4 is 11.5 Å². The van der Waals surface area contributed by atoms with Gasteiger partial charge in [0.05, 0.1) is 11.3 Å². The molecule has 0 amide bonds. The van der Waals surface area contributed by atoms with Gasteiger partial charge in [0.1, 0.15) is 6.07 Å². The van der Waals surface area contributed by atoms with Crippen LogP contribution in [-0.4, -0.2) is 17.6 Å². The number of hydrogen-bond donors (Lipinski definition) is 1. The summed E-state index contributed by atoms with van der Waals surface area (Å²) in [5, 5.41) is 8.98. The number of hydrogen-bond acceptors (Lipinski definition) is 4. The van der Waals surface area contributed by atoms with Gasteiger partial charge in [-0.1, -0.05) is 0 Å². The van der Waals surface area contributed by atoms with E-state index in [9.17, 15) is 0 Å². The molecule has 1 heterocycles. The molecule has 0 saturated heterocycles. The molecule has 1 fully saturated rings. The van der Waals surface area contributed by atoms with Crippen LogP contribution in [0.5, 0.6) is 0 Å². The topological polar surface area (TPSA) is 65.9 Å². The molecule has 1 saturated carbocycles. The molecule has 4 heteroatoms. The lowest BCUT2D eigenvalue weighted by Crippen LogP contribution is -2.34. The maximum Gasteiger partial charge on any atom is 0.153 e. The molecule has 1 aromatic heterocycles. The molecule has 0 radical (unpaired) electrons. The number of anilines is 2. The first kappa shape index (κ1) is 11.7. The zero-order valence-corrected chi connectivity index (χ0v) is 10.3. The molecule has 1 aromatic rings. The van der Waals surface area contributed by atoms with Crippen molar-refractivity contribution in [2.24, 2.45) is 5.92 Å². The second-order valence-corrected chi connectivity index (χ2v) is 4.90. The van der Waals surface area contributed by atoms with E-state index in [0.717, 1.165) is 18.3 Å². The first-order valence-corrected chi connectivity index (χ1v) is 6.04. The zero-order valence-electron chi connectivity index (χ0n) is 10.3. The van der Waals surface area contributed by atoms with E-state index in [2.05, 4.69) is 29.8 Å². The molecule has 0 atom stereocenters. The minimum Gasteiger partial charge on any atom is -0.395 e. The fraction of sp³-hybridized carbons (Fsp3) is 0.538. The number of nitrogen functional groups attached to an aromatic ring is 1. The van der Waals surface area contributed by atoms with Crippen LogP contribution in [0.4, 0.5) is 11.5 Å². The van der Waals surface area contributed by atoms with Crippen molar-refractivity contribution in [3.05, 3.63) is 17.8 Å². The fourth-order valence-corrected chi connectivity index (χ4v) is 1.91. The Kier molecular flexibility index (Phi) is 3.19. The molecule has 4 nitrogen and oxygen atoms in total. The lowest BCUT2D eigenvalue weighted by Gasteiger charge is -2.29. The van der Waals surface area contributed by atoms with E-state index >= 15 is 0 Å². The van der Waals surface area contributed by atoms with Crippen LogP contribution in [0.15, 0.2) is 12.3 Å². The number of nitrogens with two attached hydrogens (primary N) is 1. The van der Waals surface area contributed by atoms with Gasteiger partial charge >= 0.3 is 0 Å². The Labute approximate surface area is 102 Å². The SMILES string of the molecule is CC(C)N(CC1CC1)c1nccc(C#N)c1N. The highest BCUT2D eigenvalue weighted by molar-refractivity contribution is 5.70. The second-order valence-electron chi connectivity index (χ2n) is 4.90. The van der Waals surface area contributed by atoms with E-state index in [1.165, 1.54) is 12.8 Å². The molecule has 2 N–H and O–H groups in total. The van der Waals surface area contributed by atoms with Crippen molar-refractivity contribution < 1.29 is 0 Å². The summed E-state index contributed by atoms with van der Waals surface area (Å²) in [6.07, 6.45) is 4.24. The third-order valence-corrected chi connectivity index (χ3v) is 3.14. The van der Waals surface area contributed by atoms with Crippen LogP contribution < -0.4 is 10.6 Å². The predicted octanol–water partition coefficient (Wildman–Crippen LogP) is 2.16. The van der Waals surface area contributed by atoms with Gasteiger partial charge in [0, 0.05) is 18.8 Å². The van der Waals surface area contributed by atoms with Crippen molar-refractivity contribution in [2.45, 2.75) is 32.7 Å². The molecule has 0 aliphatic heterocycles. The zero-order chi connectivity index (χ0) is 12.4. The van der Waals surface area contributed by atoms with Gasteiger partial charge in [0.2, 0.25) is 0 Å². The summed E-state index contributed by atoms with van der Waals surface area (Å²) in [5.41, 5.74) is 7.02. The van der Waals surface area contributed by atoms with E-state index in [1.54, 1.807) is 12.3 Å². The summed E-state index contributed by atoms with van der Waals surface area (Å²) in [6.45, 7) is 5.24. The van der Waals surface area contributed by atoms with E-state index in [-0.39, 0.29) is 0 Å². The van der Waals surface area contributed by atoms with Crippen LogP contribution >= 0.6 is 0 Å². The molecule has 0 spiro atoms. The van der Waals surface area contributed by atoms with Gasteiger partial charge in [-0.3, -0.25) is 0 Å². The first-order valence-electron chi connectivity index (χ1n) is 6.04. The third-order valence-electron chi connectivity index (χ3n) is 3.14. The fourth-order valence-electron chi connectivity index (χ4n) is 1.91. The minimum atomic E-state index is 0.347. The molecule has 2 rings (SSSR count). The van der Waals surface area contributed by atoms with Crippen LogP contribution in [0.3, 0.4) is 0 Å². The Morgan fingerprint density at radius 1 is 1.59 bits per heavy atom.